The van der Waals surface area contributed by atoms with Crippen LogP contribution in [0.2, 0.25) is 0 Å². The average molecular weight is 366 g/mol. The second kappa shape index (κ2) is 8.75. The number of nitrogens with zero attached hydrogens (tertiary/aromatic N) is 3. The standard InChI is InChI=1S/C20H26N6O/c1-26(10-3-2-7-21)11-9-24-20-16-6-8-23-13-17(16)15-5-4-14(19(22)27)12-18(15)25-20/h4-6,8,12-13H,2-3,7,9-11,21H2,1H3,(H2,22,27)(H,24,25). The van der Waals surface area contributed by atoms with E-state index < -0.39 is 5.91 Å². The number of hydrogen-bond donors (Lipinski definition) is 3. The van der Waals surface area contributed by atoms with E-state index in [1.54, 1.807) is 18.3 Å². The molecule has 1 amide bonds. The van der Waals surface area contributed by atoms with Gasteiger partial charge in [0.05, 0.1) is 5.52 Å². The van der Waals surface area contributed by atoms with E-state index in [0.29, 0.717) is 5.56 Å². The zero-order valence-electron chi connectivity index (χ0n) is 15.6. The Morgan fingerprint density at radius 2 is 2.00 bits per heavy atom. The van der Waals surface area contributed by atoms with Gasteiger partial charge in [0.2, 0.25) is 5.91 Å². The molecule has 1 aromatic carbocycles. The van der Waals surface area contributed by atoms with Crippen molar-refractivity contribution < 1.29 is 4.79 Å². The van der Waals surface area contributed by atoms with Gasteiger partial charge in [0.1, 0.15) is 5.82 Å². The Balaban J connectivity index is 1.83. The first kappa shape index (κ1) is 19.0. The number of anilines is 1. The van der Waals surface area contributed by atoms with Gasteiger partial charge in [-0.2, -0.15) is 0 Å². The van der Waals surface area contributed by atoms with Gasteiger partial charge in [-0.3, -0.25) is 9.78 Å². The van der Waals surface area contributed by atoms with Gasteiger partial charge in [0, 0.05) is 47.2 Å². The molecule has 0 saturated carbocycles. The summed E-state index contributed by atoms with van der Waals surface area (Å²) in [5, 5.41) is 6.39. The molecule has 0 aliphatic carbocycles. The van der Waals surface area contributed by atoms with Crippen LogP contribution in [-0.4, -0.2) is 54.0 Å². The van der Waals surface area contributed by atoms with Crippen LogP contribution in [0.25, 0.3) is 21.7 Å². The molecule has 5 N–H and O–H groups in total. The van der Waals surface area contributed by atoms with E-state index in [4.69, 9.17) is 16.5 Å². The highest BCUT2D eigenvalue weighted by Crippen LogP contribution is 2.29. The highest BCUT2D eigenvalue weighted by Gasteiger charge is 2.10. The number of carbonyl (C=O) groups is 1. The van der Waals surface area contributed by atoms with Gasteiger partial charge in [-0.15, -0.1) is 0 Å². The molecule has 7 nitrogen and oxygen atoms in total. The van der Waals surface area contributed by atoms with Crippen molar-refractivity contribution in [2.45, 2.75) is 12.8 Å². The summed E-state index contributed by atoms with van der Waals surface area (Å²) in [5.41, 5.74) is 12.1. The van der Waals surface area contributed by atoms with E-state index >= 15 is 0 Å². The normalized spacial score (nSPS) is 11.4. The summed E-state index contributed by atoms with van der Waals surface area (Å²) < 4.78 is 0. The molecule has 2 heterocycles. The Bertz CT molecular complexity index is 942. The Kier molecular flexibility index (Phi) is 6.16. The lowest BCUT2D eigenvalue weighted by molar-refractivity contribution is 0.100. The zero-order chi connectivity index (χ0) is 19.2. The maximum Gasteiger partial charge on any atom is 0.248 e. The number of amides is 1. The van der Waals surface area contributed by atoms with Crippen molar-refractivity contribution in [1.82, 2.24) is 14.9 Å². The predicted molar refractivity (Wildman–Crippen MR) is 110 cm³/mol. The second-order valence-electron chi connectivity index (χ2n) is 6.70. The number of pyridine rings is 2. The van der Waals surface area contributed by atoms with Crippen molar-refractivity contribution in [3.05, 3.63) is 42.2 Å². The molecule has 3 rings (SSSR count). The van der Waals surface area contributed by atoms with Crippen LogP contribution in [0.5, 0.6) is 0 Å². The third-order valence-corrected chi connectivity index (χ3v) is 4.66. The van der Waals surface area contributed by atoms with Gasteiger partial charge in [0.15, 0.2) is 0 Å². The molecule has 0 fully saturated rings. The molecule has 0 aliphatic rings. The van der Waals surface area contributed by atoms with Crippen LogP contribution < -0.4 is 16.8 Å². The third-order valence-electron chi connectivity index (χ3n) is 4.66. The number of unbranched alkanes of at least 4 members (excludes halogenated alkanes) is 1. The van der Waals surface area contributed by atoms with Gasteiger partial charge in [0.25, 0.3) is 0 Å². The highest BCUT2D eigenvalue weighted by molar-refractivity contribution is 6.11. The molecule has 0 aliphatic heterocycles. The Morgan fingerprint density at radius 1 is 1.15 bits per heavy atom. The van der Waals surface area contributed by atoms with Crippen molar-refractivity contribution in [2.75, 3.05) is 38.5 Å². The van der Waals surface area contributed by atoms with Gasteiger partial charge < -0.3 is 21.7 Å². The van der Waals surface area contributed by atoms with Crippen molar-refractivity contribution in [1.29, 1.82) is 0 Å². The number of rotatable bonds is 9. The maximum atomic E-state index is 11.5. The van der Waals surface area contributed by atoms with E-state index in [2.05, 4.69) is 22.2 Å². The Hall–Kier alpha value is -2.77. The van der Waals surface area contributed by atoms with Gasteiger partial charge in [-0.05, 0) is 51.2 Å². The van der Waals surface area contributed by atoms with Crippen LogP contribution in [0.4, 0.5) is 5.82 Å². The van der Waals surface area contributed by atoms with Gasteiger partial charge in [-0.25, -0.2) is 4.98 Å². The zero-order valence-corrected chi connectivity index (χ0v) is 15.6. The summed E-state index contributed by atoms with van der Waals surface area (Å²) in [4.78, 5) is 22.8. The van der Waals surface area contributed by atoms with Crippen molar-refractivity contribution >= 4 is 33.4 Å². The monoisotopic (exact) mass is 366 g/mol. The largest absolute Gasteiger partial charge is 0.368 e. The summed E-state index contributed by atoms with van der Waals surface area (Å²) in [6.07, 6.45) is 5.74. The lowest BCUT2D eigenvalue weighted by atomic mass is 10.1. The van der Waals surface area contributed by atoms with Crippen LogP contribution in [0.15, 0.2) is 36.7 Å². The number of nitrogens with one attached hydrogen (secondary N) is 1. The molecular weight excluding hydrogens is 340 g/mol. The van der Waals surface area contributed by atoms with E-state index in [-0.39, 0.29) is 0 Å². The summed E-state index contributed by atoms with van der Waals surface area (Å²) in [6, 6.07) is 7.29. The predicted octanol–water partition coefficient (Wildman–Crippen LogP) is 1.96. The number of hydrogen-bond acceptors (Lipinski definition) is 6. The molecule has 27 heavy (non-hydrogen) atoms. The van der Waals surface area contributed by atoms with E-state index in [9.17, 15) is 4.79 Å². The third kappa shape index (κ3) is 4.50. The fourth-order valence-corrected chi connectivity index (χ4v) is 3.14. The average Bonchev–Trinajstić information content (AvgIpc) is 2.67. The smallest absolute Gasteiger partial charge is 0.248 e. The molecule has 0 radical (unpaired) electrons. The van der Waals surface area contributed by atoms with Crippen LogP contribution in [-0.2, 0) is 0 Å². The minimum absolute atomic E-state index is 0.448. The molecule has 0 unspecified atom stereocenters. The first-order valence-electron chi connectivity index (χ1n) is 9.20. The summed E-state index contributed by atoms with van der Waals surface area (Å²) >= 11 is 0. The van der Waals surface area contributed by atoms with E-state index in [1.165, 1.54) is 0 Å². The van der Waals surface area contributed by atoms with Crippen LogP contribution in [0.3, 0.4) is 0 Å². The second-order valence-corrected chi connectivity index (χ2v) is 6.70. The van der Waals surface area contributed by atoms with Gasteiger partial charge >= 0.3 is 0 Å². The number of fused-ring (bicyclic) bond motifs is 3. The van der Waals surface area contributed by atoms with E-state index in [1.807, 2.05) is 18.3 Å². The molecule has 0 spiro atoms. The summed E-state index contributed by atoms with van der Waals surface area (Å²) in [7, 11) is 2.10. The Morgan fingerprint density at radius 3 is 2.78 bits per heavy atom. The Labute approximate surface area is 158 Å². The number of benzene rings is 1. The fourth-order valence-electron chi connectivity index (χ4n) is 3.14. The maximum absolute atomic E-state index is 11.5. The van der Waals surface area contributed by atoms with Crippen LogP contribution in [0, 0.1) is 0 Å². The van der Waals surface area contributed by atoms with Crippen LogP contribution in [0.1, 0.15) is 23.2 Å². The number of aromatic nitrogens is 2. The summed E-state index contributed by atoms with van der Waals surface area (Å²) in [6.45, 7) is 3.43. The molecule has 3 aromatic rings. The number of primary amides is 1. The number of likely N-dealkylation sites (N-methyl/N-ethyl adjacent to an activating group) is 1. The fraction of sp³-hybridized carbons (Fsp3) is 0.350. The number of carbonyl (C=O) groups excluding carboxylic acids is 1. The molecule has 0 bridgehead atoms. The molecule has 0 atom stereocenters. The molecule has 0 saturated heterocycles. The van der Waals surface area contributed by atoms with Crippen LogP contribution >= 0.6 is 0 Å². The van der Waals surface area contributed by atoms with Gasteiger partial charge in [-0.1, -0.05) is 6.07 Å². The first-order chi connectivity index (χ1) is 13.1. The lowest BCUT2D eigenvalue weighted by Crippen LogP contribution is -2.26. The SMILES string of the molecule is CN(CCCCN)CCNc1nc2cc(C(N)=O)ccc2c2cnccc12. The molecular formula is C20H26N6O. The molecule has 142 valence electrons. The molecule has 7 heteroatoms. The highest BCUT2D eigenvalue weighted by atomic mass is 16.1. The summed E-state index contributed by atoms with van der Waals surface area (Å²) in [5.74, 6) is 0.329. The number of nitrogens with two attached hydrogens (primary N) is 2. The molecule has 2 aromatic heterocycles. The van der Waals surface area contributed by atoms with Crippen molar-refractivity contribution in [3.8, 4) is 0 Å². The minimum Gasteiger partial charge on any atom is -0.368 e. The first-order valence-corrected chi connectivity index (χ1v) is 9.20. The van der Waals surface area contributed by atoms with E-state index in [0.717, 1.165) is 66.5 Å². The topological polar surface area (TPSA) is 110 Å². The van der Waals surface area contributed by atoms with Crippen molar-refractivity contribution in [3.63, 3.8) is 0 Å². The lowest BCUT2D eigenvalue weighted by Gasteiger charge is -2.17. The minimum atomic E-state index is -0.460. The quantitative estimate of drug-likeness (QED) is 0.394. The van der Waals surface area contributed by atoms with Crippen molar-refractivity contribution in [2.24, 2.45) is 11.5 Å².